The van der Waals surface area contributed by atoms with Crippen molar-refractivity contribution < 1.29 is 4.74 Å². The zero-order valence-corrected chi connectivity index (χ0v) is 12.0. The highest BCUT2D eigenvalue weighted by molar-refractivity contribution is 5.28. The van der Waals surface area contributed by atoms with E-state index in [2.05, 4.69) is 29.5 Å². The van der Waals surface area contributed by atoms with Crippen LogP contribution in [0.2, 0.25) is 0 Å². The molecule has 0 aliphatic rings. The van der Waals surface area contributed by atoms with Gasteiger partial charge in [-0.05, 0) is 54.7 Å². The molecule has 106 valence electrons. The summed E-state index contributed by atoms with van der Waals surface area (Å²) in [4.78, 5) is 4.18. The molecule has 0 fully saturated rings. The highest BCUT2D eigenvalue weighted by Crippen LogP contribution is 2.21. The van der Waals surface area contributed by atoms with Gasteiger partial charge >= 0.3 is 0 Å². The van der Waals surface area contributed by atoms with Gasteiger partial charge in [0.2, 0.25) is 0 Å². The van der Waals surface area contributed by atoms with Gasteiger partial charge < -0.3 is 4.74 Å². The Morgan fingerprint density at radius 3 is 2.60 bits per heavy atom. The molecule has 3 N–H and O–H groups in total. The molecule has 0 aliphatic heterocycles. The van der Waals surface area contributed by atoms with Crippen molar-refractivity contribution in [3.63, 3.8) is 0 Å². The quantitative estimate of drug-likeness (QED) is 0.626. The largest absolute Gasteiger partial charge is 0.497 e. The predicted molar refractivity (Wildman–Crippen MR) is 80.4 cm³/mol. The minimum Gasteiger partial charge on any atom is -0.497 e. The number of pyridine rings is 1. The summed E-state index contributed by atoms with van der Waals surface area (Å²) in [6.07, 6.45) is 5.56. The third-order valence-corrected chi connectivity index (χ3v) is 3.54. The van der Waals surface area contributed by atoms with Gasteiger partial charge in [-0.3, -0.25) is 16.3 Å². The van der Waals surface area contributed by atoms with E-state index in [0.29, 0.717) is 0 Å². The summed E-state index contributed by atoms with van der Waals surface area (Å²) in [5.41, 5.74) is 6.52. The van der Waals surface area contributed by atoms with E-state index in [9.17, 15) is 0 Å². The Balaban J connectivity index is 2.02. The van der Waals surface area contributed by atoms with Crippen molar-refractivity contribution >= 4 is 0 Å². The van der Waals surface area contributed by atoms with Gasteiger partial charge in [-0.2, -0.15) is 0 Å². The van der Waals surface area contributed by atoms with Crippen molar-refractivity contribution in [2.45, 2.75) is 25.8 Å². The maximum atomic E-state index is 5.69. The Morgan fingerprint density at radius 1 is 1.25 bits per heavy atom. The lowest BCUT2D eigenvalue weighted by Gasteiger charge is -2.18. The van der Waals surface area contributed by atoms with Gasteiger partial charge in [0.1, 0.15) is 5.75 Å². The molecule has 0 radical (unpaired) electrons. The van der Waals surface area contributed by atoms with Crippen molar-refractivity contribution in [3.05, 3.63) is 59.4 Å². The Kier molecular flexibility index (Phi) is 5.09. The molecular formula is C16H21N3O. The van der Waals surface area contributed by atoms with Crippen LogP contribution in [0.4, 0.5) is 0 Å². The van der Waals surface area contributed by atoms with Crippen LogP contribution in [0, 0.1) is 6.92 Å². The minimum atomic E-state index is 0.116. The van der Waals surface area contributed by atoms with Crippen LogP contribution in [-0.2, 0) is 6.42 Å². The number of hydrogen-bond acceptors (Lipinski definition) is 4. The first-order chi connectivity index (χ1) is 9.74. The molecule has 2 aromatic rings. The zero-order chi connectivity index (χ0) is 14.4. The van der Waals surface area contributed by atoms with Crippen LogP contribution < -0.4 is 16.0 Å². The molecule has 0 bridgehead atoms. The van der Waals surface area contributed by atoms with E-state index in [4.69, 9.17) is 10.6 Å². The van der Waals surface area contributed by atoms with Crippen LogP contribution >= 0.6 is 0 Å². The summed E-state index contributed by atoms with van der Waals surface area (Å²) < 4.78 is 5.16. The van der Waals surface area contributed by atoms with E-state index in [0.717, 1.165) is 24.2 Å². The van der Waals surface area contributed by atoms with Crippen molar-refractivity contribution in [2.24, 2.45) is 5.84 Å². The highest BCUT2D eigenvalue weighted by atomic mass is 16.5. The molecule has 0 spiro atoms. The molecule has 0 aliphatic carbocycles. The molecule has 4 nitrogen and oxygen atoms in total. The number of aryl methyl sites for hydroxylation is 2. The number of hydrazine groups is 1. The minimum absolute atomic E-state index is 0.116. The molecule has 4 heteroatoms. The third-order valence-electron chi connectivity index (χ3n) is 3.54. The lowest BCUT2D eigenvalue weighted by molar-refractivity contribution is 0.414. The molecule has 1 heterocycles. The average molecular weight is 271 g/mol. The fourth-order valence-corrected chi connectivity index (χ4v) is 2.27. The Hall–Kier alpha value is -1.91. The summed E-state index contributed by atoms with van der Waals surface area (Å²) in [6, 6.07) is 10.3. The number of nitrogens with zero attached hydrogens (tertiary/aromatic N) is 1. The van der Waals surface area contributed by atoms with E-state index in [1.54, 1.807) is 13.3 Å². The van der Waals surface area contributed by atoms with E-state index < -0.39 is 0 Å². The van der Waals surface area contributed by atoms with Gasteiger partial charge in [-0.15, -0.1) is 0 Å². The van der Waals surface area contributed by atoms with Crippen LogP contribution in [0.25, 0.3) is 0 Å². The fourth-order valence-electron chi connectivity index (χ4n) is 2.27. The molecule has 0 saturated heterocycles. The molecule has 2 rings (SSSR count). The van der Waals surface area contributed by atoms with Gasteiger partial charge in [0.05, 0.1) is 7.11 Å². The third kappa shape index (κ3) is 3.56. The molecule has 0 saturated carbocycles. The van der Waals surface area contributed by atoms with Gasteiger partial charge in [0.25, 0.3) is 0 Å². The van der Waals surface area contributed by atoms with Crippen molar-refractivity contribution in [2.75, 3.05) is 7.11 Å². The van der Waals surface area contributed by atoms with Crippen LogP contribution in [0.15, 0.2) is 42.7 Å². The number of aromatic nitrogens is 1. The van der Waals surface area contributed by atoms with Crippen molar-refractivity contribution in [3.8, 4) is 5.75 Å². The number of nitrogens with one attached hydrogen (secondary N) is 1. The summed E-state index contributed by atoms with van der Waals surface area (Å²) in [5, 5.41) is 0. The Labute approximate surface area is 120 Å². The maximum absolute atomic E-state index is 5.69. The second kappa shape index (κ2) is 7.03. The Morgan fingerprint density at radius 2 is 2.00 bits per heavy atom. The summed E-state index contributed by atoms with van der Waals surface area (Å²) in [5.74, 6) is 6.57. The molecular weight excluding hydrogens is 250 g/mol. The molecule has 0 amide bonds. The molecule has 1 unspecified atom stereocenters. The normalized spacial score (nSPS) is 12.2. The standard InChI is InChI=1S/C16H21N3O/c1-12-9-10-18-11-15(12)16(19-17)8-5-13-3-6-14(20-2)7-4-13/h3-4,6-7,9-11,16,19H,5,8,17H2,1-2H3. The number of methoxy groups -OCH3 is 1. The van der Waals surface area contributed by atoms with E-state index >= 15 is 0 Å². The number of benzene rings is 1. The van der Waals surface area contributed by atoms with Gasteiger partial charge in [0, 0.05) is 18.4 Å². The van der Waals surface area contributed by atoms with Gasteiger partial charge in [0.15, 0.2) is 0 Å². The predicted octanol–water partition coefficient (Wildman–Crippen LogP) is 2.54. The highest BCUT2D eigenvalue weighted by Gasteiger charge is 2.12. The van der Waals surface area contributed by atoms with Crippen molar-refractivity contribution in [1.29, 1.82) is 0 Å². The second-order valence-corrected chi connectivity index (χ2v) is 4.84. The van der Waals surface area contributed by atoms with Gasteiger partial charge in [-0.25, -0.2) is 0 Å². The summed E-state index contributed by atoms with van der Waals surface area (Å²) in [7, 11) is 1.68. The number of nitrogens with two attached hydrogens (primary N) is 1. The van der Waals surface area contributed by atoms with Gasteiger partial charge in [-0.1, -0.05) is 12.1 Å². The second-order valence-electron chi connectivity index (χ2n) is 4.84. The van der Waals surface area contributed by atoms with Crippen LogP contribution in [0.3, 0.4) is 0 Å². The van der Waals surface area contributed by atoms with Crippen molar-refractivity contribution in [1.82, 2.24) is 10.4 Å². The smallest absolute Gasteiger partial charge is 0.118 e. The first-order valence-electron chi connectivity index (χ1n) is 6.74. The molecule has 20 heavy (non-hydrogen) atoms. The van der Waals surface area contributed by atoms with Crippen LogP contribution in [0.1, 0.15) is 29.2 Å². The SMILES string of the molecule is COc1ccc(CCC(NN)c2cnccc2C)cc1. The number of rotatable bonds is 6. The topological polar surface area (TPSA) is 60.2 Å². The van der Waals surface area contributed by atoms with Crippen LogP contribution in [0.5, 0.6) is 5.75 Å². The fraction of sp³-hybridized carbons (Fsp3) is 0.312. The summed E-state index contributed by atoms with van der Waals surface area (Å²) in [6.45, 7) is 2.08. The lowest BCUT2D eigenvalue weighted by atomic mass is 9.98. The summed E-state index contributed by atoms with van der Waals surface area (Å²) >= 11 is 0. The first-order valence-corrected chi connectivity index (χ1v) is 6.74. The maximum Gasteiger partial charge on any atom is 0.118 e. The van der Waals surface area contributed by atoms with E-state index in [1.165, 1.54) is 11.1 Å². The molecule has 1 atom stereocenters. The number of hydrogen-bond donors (Lipinski definition) is 2. The monoisotopic (exact) mass is 271 g/mol. The number of ether oxygens (including phenoxy) is 1. The first kappa shape index (κ1) is 14.5. The van der Waals surface area contributed by atoms with E-state index in [1.807, 2.05) is 24.4 Å². The van der Waals surface area contributed by atoms with E-state index in [-0.39, 0.29) is 6.04 Å². The molecule has 1 aromatic carbocycles. The lowest BCUT2D eigenvalue weighted by Crippen LogP contribution is -2.29. The average Bonchev–Trinajstić information content (AvgIpc) is 2.50. The van der Waals surface area contributed by atoms with Crippen LogP contribution in [-0.4, -0.2) is 12.1 Å². The Bertz CT molecular complexity index is 540. The molecule has 1 aromatic heterocycles. The zero-order valence-electron chi connectivity index (χ0n) is 12.0.